The molecule has 5 heteroatoms. The van der Waals surface area contributed by atoms with Crippen LogP contribution in [0.2, 0.25) is 0 Å². The highest BCUT2D eigenvalue weighted by molar-refractivity contribution is 5.72. The minimum absolute atomic E-state index is 0.111. The molecule has 1 aromatic carbocycles. The average Bonchev–Trinajstić information content (AvgIpc) is 3.22. The van der Waals surface area contributed by atoms with Gasteiger partial charge in [0.05, 0.1) is 18.8 Å². The van der Waals surface area contributed by atoms with Gasteiger partial charge in [0.2, 0.25) is 5.79 Å². The predicted octanol–water partition coefficient (Wildman–Crippen LogP) is 3.53. The smallest absolute Gasteiger partial charge is 0.202 e. The van der Waals surface area contributed by atoms with Gasteiger partial charge in [-0.05, 0) is 31.9 Å². The van der Waals surface area contributed by atoms with Crippen LogP contribution in [0.25, 0.3) is 11.3 Å². The molecule has 3 aliphatic heterocycles. The fraction of sp³-hybridized carbons (Fsp3) is 0.500. The molecule has 23 heavy (non-hydrogen) atoms. The van der Waals surface area contributed by atoms with E-state index in [1.165, 1.54) is 16.7 Å². The first-order valence-electron chi connectivity index (χ1n) is 8.10. The van der Waals surface area contributed by atoms with Crippen molar-refractivity contribution in [1.29, 1.82) is 0 Å². The minimum Gasteiger partial charge on any atom is -0.358 e. The number of aromatic nitrogens is 1. The number of fused-ring (bicyclic) bond motifs is 6. The molecule has 2 bridgehead atoms. The second-order valence-electron chi connectivity index (χ2n) is 6.80. The molecule has 5 nitrogen and oxygen atoms in total. The summed E-state index contributed by atoms with van der Waals surface area (Å²) in [4.78, 5) is 0. The lowest BCUT2D eigenvalue weighted by Crippen LogP contribution is -2.35. The van der Waals surface area contributed by atoms with Crippen LogP contribution < -0.4 is 0 Å². The summed E-state index contributed by atoms with van der Waals surface area (Å²) in [6.07, 6.45) is 0.331. The number of nitrogens with zero attached hydrogens (tertiary/aromatic N) is 1. The molecule has 0 amide bonds. The Morgan fingerprint density at radius 3 is 2.48 bits per heavy atom. The average molecular weight is 313 g/mol. The topological polar surface area (TPSA) is 53.7 Å². The van der Waals surface area contributed by atoms with Crippen molar-refractivity contribution in [3.63, 3.8) is 0 Å². The number of rotatable bonds is 1. The van der Waals surface area contributed by atoms with Crippen molar-refractivity contribution in [3.8, 4) is 11.3 Å². The molecule has 1 spiro atoms. The lowest BCUT2D eigenvalue weighted by atomic mass is 9.87. The van der Waals surface area contributed by atoms with E-state index in [-0.39, 0.29) is 12.2 Å². The fourth-order valence-electron chi connectivity index (χ4n) is 4.39. The molecule has 0 saturated carbocycles. The quantitative estimate of drug-likeness (QED) is 0.806. The summed E-state index contributed by atoms with van der Waals surface area (Å²) in [6.45, 7) is 7.57. The van der Waals surface area contributed by atoms with Crippen molar-refractivity contribution in [3.05, 3.63) is 40.1 Å². The summed E-state index contributed by atoms with van der Waals surface area (Å²) in [5.41, 5.74) is 6.66. The maximum absolute atomic E-state index is 6.10. The Labute approximate surface area is 134 Å². The van der Waals surface area contributed by atoms with E-state index in [0.717, 1.165) is 22.6 Å². The molecular weight excluding hydrogens is 294 g/mol. The van der Waals surface area contributed by atoms with E-state index >= 15 is 0 Å². The monoisotopic (exact) mass is 313 g/mol. The maximum Gasteiger partial charge on any atom is 0.202 e. The molecule has 3 aliphatic rings. The Bertz CT molecular complexity index is 780. The van der Waals surface area contributed by atoms with E-state index in [2.05, 4.69) is 38.1 Å². The van der Waals surface area contributed by atoms with Crippen LogP contribution in [-0.2, 0) is 14.2 Å². The van der Waals surface area contributed by atoms with Gasteiger partial charge >= 0.3 is 0 Å². The SMILES string of the molecule is Cc1cc(C)c(-c2noc3c2[C@H]2O[C@@H]3CC23OCCO3)c(C)c1. The standard InChI is InChI=1S/C18H19NO4/c1-9-6-10(2)13(11(3)7-9)15-14-16(23-19-15)12-8-18(17(14)22-12)20-4-5-21-18/h6-7,12,17H,4-5,8H2,1-3H3/t12-,17-/m1/s1. The van der Waals surface area contributed by atoms with Gasteiger partial charge in [-0.1, -0.05) is 22.9 Å². The minimum atomic E-state index is -0.648. The van der Waals surface area contributed by atoms with Gasteiger partial charge in [0, 0.05) is 12.0 Å². The third kappa shape index (κ3) is 1.70. The normalized spacial score (nSPS) is 27.1. The Kier molecular flexibility index (Phi) is 2.65. The summed E-state index contributed by atoms with van der Waals surface area (Å²) in [5.74, 6) is 0.193. The van der Waals surface area contributed by atoms with Gasteiger partial charge in [0.25, 0.3) is 0 Å². The number of hydrogen-bond donors (Lipinski definition) is 0. The molecule has 0 unspecified atom stereocenters. The molecule has 2 fully saturated rings. The van der Waals surface area contributed by atoms with Crippen LogP contribution in [-0.4, -0.2) is 24.2 Å². The molecule has 4 heterocycles. The lowest BCUT2D eigenvalue weighted by molar-refractivity contribution is -0.190. The first-order valence-corrected chi connectivity index (χ1v) is 8.10. The number of hydrogen-bond acceptors (Lipinski definition) is 5. The van der Waals surface area contributed by atoms with E-state index in [1.54, 1.807) is 0 Å². The van der Waals surface area contributed by atoms with E-state index in [4.69, 9.17) is 18.7 Å². The van der Waals surface area contributed by atoms with Crippen LogP contribution in [0.3, 0.4) is 0 Å². The van der Waals surface area contributed by atoms with Crippen molar-refractivity contribution >= 4 is 0 Å². The van der Waals surface area contributed by atoms with Crippen molar-refractivity contribution in [2.24, 2.45) is 0 Å². The van der Waals surface area contributed by atoms with Gasteiger partial charge in [-0.3, -0.25) is 0 Å². The van der Waals surface area contributed by atoms with Crippen LogP contribution in [0, 0.1) is 20.8 Å². The van der Waals surface area contributed by atoms with Crippen LogP contribution in [0.1, 0.15) is 46.6 Å². The number of ether oxygens (including phenoxy) is 3. The van der Waals surface area contributed by atoms with Gasteiger partial charge in [-0.15, -0.1) is 0 Å². The van der Waals surface area contributed by atoms with Gasteiger partial charge in [0.15, 0.2) is 5.76 Å². The van der Waals surface area contributed by atoms with E-state index < -0.39 is 5.79 Å². The lowest BCUT2D eigenvalue weighted by Gasteiger charge is -2.28. The van der Waals surface area contributed by atoms with Crippen LogP contribution in [0.15, 0.2) is 16.7 Å². The zero-order valence-electron chi connectivity index (χ0n) is 13.5. The van der Waals surface area contributed by atoms with E-state index in [9.17, 15) is 0 Å². The molecule has 120 valence electrons. The molecule has 2 atom stereocenters. The van der Waals surface area contributed by atoms with Crippen molar-refractivity contribution in [2.45, 2.75) is 45.2 Å². The Hall–Kier alpha value is -1.69. The fourth-order valence-corrected chi connectivity index (χ4v) is 4.39. The van der Waals surface area contributed by atoms with Crippen molar-refractivity contribution < 1.29 is 18.7 Å². The summed E-state index contributed by atoms with van der Waals surface area (Å²) in [5, 5.41) is 4.39. The summed E-state index contributed by atoms with van der Waals surface area (Å²) in [6, 6.07) is 4.35. The maximum atomic E-state index is 6.10. The van der Waals surface area contributed by atoms with Crippen molar-refractivity contribution in [2.75, 3.05) is 13.2 Å². The zero-order valence-corrected chi connectivity index (χ0v) is 13.5. The van der Waals surface area contributed by atoms with Crippen LogP contribution in [0.4, 0.5) is 0 Å². The highest BCUT2D eigenvalue weighted by atomic mass is 16.8. The number of aryl methyl sites for hydroxylation is 3. The summed E-state index contributed by atoms with van der Waals surface area (Å²) in [7, 11) is 0. The van der Waals surface area contributed by atoms with E-state index in [0.29, 0.717) is 19.6 Å². The molecule has 5 rings (SSSR count). The second kappa shape index (κ2) is 4.44. The molecule has 0 radical (unpaired) electrons. The zero-order chi connectivity index (χ0) is 15.8. The molecule has 2 saturated heterocycles. The van der Waals surface area contributed by atoms with E-state index in [1.807, 2.05) is 0 Å². The van der Waals surface area contributed by atoms with Gasteiger partial charge in [-0.2, -0.15) is 0 Å². The second-order valence-corrected chi connectivity index (χ2v) is 6.80. The molecule has 2 aromatic rings. The largest absolute Gasteiger partial charge is 0.358 e. The summed E-state index contributed by atoms with van der Waals surface area (Å²) >= 11 is 0. The number of benzene rings is 1. The summed E-state index contributed by atoms with van der Waals surface area (Å²) < 4.78 is 23.6. The highest BCUT2D eigenvalue weighted by Gasteiger charge is 2.62. The molecule has 1 aromatic heterocycles. The molecular formula is C18H19NO4. The van der Waals surface area contributed by atoms with Crippen molar-refractivity contribution in [1.82, 2.24) is 5.16 Å². The predicted molar refractivity (Wildman–Crippen MR) is 82.0 cm³/mol. The van der Waals surface area contributed by atoms with Gasteiger partial charge < -0.3 is 18.7 Å². The van der Waals surface area contributed by atoms with Crippen LogP contribution in [0.5, 0.6) is 0 Å². The Morgan fingerprint density at radius 2 is 1.78 bits per heavy atom. The first-order chi connectivity index (χ1) is 11.1. The molecule has 0 N–H and O–H groups in total. The first kappa shape index (κ1) is 13.7. The van der Waals surface area contributed by atoms with Gasteiger partial charge in [0.1, 0.15) is 17.9 Å². The Morgan fingerprint density at radius 1 is 1.09 bits per heavy atom. The third-order valence-corrected chi connectivity index (χ3v) is 5.17. The van der Waals surface area contributed by atoms with Gasteiger partial charge in [-0.25, -0.2) is 0 Å². The third-order valence-electron chi connectivity index (χ3n) is 5.17. The molecule has 0 aliphatic carbocycles. The Balaban J connectivity index is 1.69. The van der Waals surface area contributed by atoms with Crippen LogP contribution >= 0.6 is 0 Å². The highest BCUT2D eigenvalue weighted by Crippen LogP contribution is 2.61.